The predicted molar refractivity (Wildman–Crippen MR) is 335 cm³/mol. The van der Waals surface area contributed by atoms with Crippen LogP contribution in [-0.4, -0.2) is 29.2 Å². The molecule has 0 radical (unpaired) electrons. The Hall–Kier alpha value is -7.57. The van der Waals surface area contributed by atoms with E-state index >= 15 is 0 Å². The summed E-state index contributed by atoms with van der Waals surface area (Å²) in [7, 11) is 0. The number of phenolic OH excluding ortho intramolecular Hbond substituents is 1. The van der Waals surface area contributed by atoms with E-state index in [1.54, 1.807) is 0 Å². The second-order valence-electron chi connectivity index (χ2n) is 26.4. The van der Waals surface area contributed by atoms with Crippen LogP contribution < -0.4 is 0 Å². The molecule has 0 unspecified atom stereocenters. The van der Waals surface area contributed by atoms with Gasteiger partial charge in [0.2, 0.25) is 0 Å². The summed E-state index contributed by atoms with van der Waals surface area (Å²) in [6.07, 6.45) is 3.83. The minimum Gasteiger partial charge on any atom is -0.507 e. The van der Waals surface area contributed by atoms with E-state index in [4.69, 9.17) is 15.0 Å². The maximum absolute atomic E-state index is 12.9. The number of pyridine rings is 1. The van der Waals surface area contributed by atoms with E-state index in [0.717, 1.165) is 78.5 Å². The molecule has 6 heteroatoms. The fourth-order valence-electron chi connectivity index (χ4n) is 11.5. The Labute approximate surface area is 470 Å². The molecule has 0 fully saturated rings. The number of aromatic hydroxyl groups is 1. The highest BCUT2D eigenvalue weighted by molar-refractivity contribution is 5.98. The second kappa shape index (κ2) is 20.6. The SMILES string of the molecule is CC(C)c1cc(-c2ccccc2)cc(C(C)C)c1-n1c(-c2cc(-c3cccc4c3nc(-c3cc(C(C)(C)C)cc(C(C)(C)C)c3O)n4-c3c(C(C)C)cc(-c4ccccc4)cc3C(C)C)cc(C(C)(C)C)c2)nc2ccncc21. The van der Waals surface area contributed by atoms with Crippen molar-refractivity contribution in [2.45, 2.75) is 158 Å². The van der Waals surface area contributed by atoms with Crippen LogP contribution in [0, 0.1) is 0 Å². The van der Waals surface area contributed by atoms with E-state index in [0.29, 0.717) is 0 Å². The lowest BCUT2D eigenvalue weighted by molar-refractivity contribution is 0.446. The average molecular weight is 1040 g/mol. The topological polar surface area (TPSA) is 68.8 Å². The third-order valence-corrected chi connectivity index (χ3v) is 16.0. The summed E-state index contributed by atoms with van der Waals surface area (Å²) in [5.41, 5.74) is 22.0. The standard InChI is InChI=1S/C73H81N5O/c1-43(2)56-36-49(47-25-20-18-21-26-47)37-57(44(3)4)66(56)77-63-30-24-29-55(65(63)76-70(77)60-40-54(72(12,13)14)41-61(68(60)79)73(15,16)17)51-33-52(35-53(34-51)71(9,10)11)69-75-62-31-32-74-42-64(62)78(69)67-58(45(5)6)38-50(39-59(67)46(7)8)48-27-22-19-23-28-48/h18-46,79H,1-17H3. The van der Waals surface area contributed by atoms with Gasteiger partial charge in [-0.15, -0.1) is 0 Å². The predicted octanol–water partition coefficient (Wildman–Crippen LogP) is 20.2. The molecule has 0 aliphatic rings. The average Bonchev–Trinajstić information content (AvgIpc) is 3.66. The van der Waals surface area contributed by atoms with Gasteiger partial charge in [0.15, 0.2) is 0 Å². The maximum Gasteiger partial charge on any atom is 0.149 e. The molecule has 0 aliphatic carbocycles. The quantitative estimate of drug-likeness (QED) is 0.140. The fourth-order valence-corrected chi connectivity index (χ4v) is 11.5. The highest BCUT2D eigenvalue weighted by Crippen LogP contribution is 2.48. The molecule has 3 aromatic heterocycles. The number of para-hydroxylation sites is 1. The molecule has 0 bridgehead atoms. The number of imidazole rings is 2. The number of benzene rings is 7. The van der Waals surface area contributed by atoms with Gasteiger partial charge < -0.3 is 5.11 Å². The molecule has 1 N–H and O–H groups in total. The summed E-state index contributed by atoms with van der Waals surface area (Å²) in [5, 5.41) is 12.9. The number of nitrogens with zero attached hydrogens (tertiary/aromatic N) is 5. The molecular weight excluding hydrogens is 963 g/mol. The largest absolute Gasteiger partial charge is 0.507 e. The Kier molecular flexibility index (Phi) is 14.3. The summed E-state index contributed by atoms with van der Waals surface area (Å²) in [6, 6.07) is 51.2. The summed E-state index contributed by atoms with van der Waals surface area (Å²) in [5.74, 6) is 2.59. The zero-order chi connectivity index (χ0) is 56.6. The number of aromatic nitrogens is 5. The van der Waals surface area contributed by atoms with E-state index < -0.39 is 0 Å². The zero-order valence-electron chi connectivity index (χ0n) is 49.9. The number of rotatable bonds is 11. The van der Waals surface area contributed by atoms with Gasteiger partial charge >= 0.3 is 0 Å². The Morgan fingerprint density at radius 2 is 0.886 bits per heavy atom. The van der Waals surface area contributed by atoms with E-state index in [2.05, 4.69) is 260 Å². The van der Waals surface area contributed by atoms with Gasteiger partial charge in [-0.2, -0.15) is 0 Å². The first-order valence-electron chi connectivity index (χ1n) is 28.7. The zero-order valence-corrected chi connectivity index (χ0v) is 49.9. The molecule has 0 saturated carbocycles. The van der Waals surface area contributed by atoms with E-state index in [1.165, 1.54) is 50.1 Å². The van der Waals surface area contributed by atoms with Gasteiger partial charge in [0.05, 0.1) is 45.2 Å². The van der Waals surface area contributed by atoms with Crippen LogP contribution in [0.3, 0.4) is 0 Å². The highest BCUT2D eigenvalue weighted by Gasteiger charge is 2.32. The highest BCUT2D eigenvalue weighted by atomic mass is 16.3. The summed E-state index contributed by atoms with van der Waals surface area (Å²) in [6.45, 7) is 38.6. The molecule has 10 rings (SSSR count). The minimum absolute atomic E-state index is 0.159. The van der Waals surface area contributed by atoms with Crippen molar-refractivity contribution < 1.29 is 5.11 Å². The Bertz CT molecular complexity index is 3840. The first-order valence-corrected chi connectivity index (χ1v) is 28.7. The molecule has 6 nitrogen and oxygen atoms in total. The molecule has 10 aromatic rings. The Morgan fingerprint density at radius 1 is 0.405 bits per heavy atom. The third-order valence-electron chi connectivity index (χ3n) is 16.0. The van der Waals surface area contributed by atoms with Gasteiger partial charge in [0, 0.05) is 22.9 Å². The van der Waals surface area contributed by atoms with Crippen LogP contribution in [0.5, 0.6) is 5.75 Å². The van der Waals surface area contributed by atoms with Gasteiger partial charge in [0.1, 0.15) is 17.4 Å². The van der Waals surface area contributed by atoms with Crippen LogP contribution in [0.25, 0.3) is 89.6 Å². The van der Waals surface area contributed by atoms with Crippen molar-refractivity contribution in [1.29, 1.82) is 0 Å². The summed E-state index contributed by atoms with van der Waals surface area (Å²) < 4.78 is 4.80. The van der Waals surface area contributed by atoms with Crippen LogP contribution in [0.15, 0.2) is 152 Å². The second-order valence-corrected chi connectivity index (χ2v) is 26.4. The van der Waals surface area contributed by atoms with Crippen molar-refractivity contribution in [2.24, 2.45) is 0 Å². The van der Waals surface area contributed by atoms with Crippen LogP contribution in [0.1, 0.15) is 180 Å². The Balaban J connectivity index is 1.31. The molecular formula is C73H81N5O. The fraction of sp³-hybridized carbons (Fsp3) is 0.329. The lowest BCUT2D eigenvalue weighted by Gasteiger charge is -2.28. The molecule has 7 aromatic carbocycles. The summed E-state index contributed by atoms with van der Waals surface area (Å²) >= 11 is 0. The normalized spacial score (nSPS) is 12.6. The molecule has 0 atom stereocenters. The van der Waals surface area contributed by atoms with E-state index in [1.807, 2.05) is 18.5 Å². The lowest BCUT2D eigenvalue weighted by Crippen LogP contribution is -2.17. The van der Waals surface area contributed by atoms with Crippen molar-refractivity contribution in [3.05, 3.63) is 191 Å². The van der Waals surface area contributed by atoms with Gasteiger partial charge in [-0.05, 0) is 156 Å². The van der Waals surface area contributed by atoms with Gasteiger partial charge in [-0.3, -0.25) is 14.1 Å². The van der Waals surface area contributed by atoms with Crippen LogP contribution in [0.2, 0.25) is 0 Å². The molecule has 79 heavy (non-hydrogen) atoms. The molecule has 3 heterocycles. The van der Waals surface area contributed by atoms with Crippen molar-refractivity contribution in [1.82, 2.24) is 24.1 Å². The van der Waals surface area contributed by atoms with Crippen molar-refractivity contribution in [2.75, 3.05) is 0 Å². The third kappa shape index (κ3) is 10.2. The van der Waals surface area contributed by atoms with Crippen molar-refractivity contribution in [3.8, 4) is 73.3 Å². The minimum atomic E-state index is -0.349. The molecule has 0 spiro atoms. The van der Waals surface area contributed by atoms with Crippen molar-refractivity contribution >= 4 is 22.1 Å². The van der Waals surface area contributed by atoms with Gasteiger partial charge in [0.25, 0.3) is 0 Å². The lowest BCUT2D eigenvalue weighted by atomic mass is 9.78. The first-order chi connectivity index (χ1) is 37.3. The monoisotopic (exact) mass is 1040 g/mol. The van der Waals surface area contributed by atoms with Crippen molar-refractivity contribution in [3.63, 3.8) is 0 Å². The Morgan fingerprint density at radius 3 is 1.37 bits per heavy atom. The van der Waals surface area contributed by atoms with E-state index in [-0.39, 0.29) is 45.7 Å². The van der Waals surface area contributed by atoms with Gasteiger partial charge in [-0.25, -0.2) is 9.97 Å². The summed E-state index contributed by atoms with van der Waals surface area (Å²) in [4.78, 5) is 16.2. The van der Waals surface area contributed by atoms with Gasteiger partial charge in [-0.1, -0.05) is 203 Å². The molecule has 0 amide bonds. The number of fused-ring (bicyclic) bond motifs is 2. The van der Waals surface area contributed by atoms with Crippen LogP contribution >= 0.6 is 0 Å². The van der Waals surface area contributed by atoms with Crippen LogP contribution in [-0.2, 0) is 16.2 Å². The number of hydrogen-bond acceptors (Lipinski definition) is 4. The number of hydrogen-bond donors (Lipinski definition) is 1. The first kappa shape index (κ1) is 54.8. The molecule has 404 valence electrons. The maximum atomic E-state index is 12.9. The van der Waals surface area contributed by atoms with E-state index in [9.17, 15) is 5.11 Å². The molecule has 0 saturated heterocycles. The number of phenols is 1. The van der Waals surface area contributed by atoms with Crippen LogP contribution in [0.4, 0.5) is 0 Å². The molecule has 0 aliphatic heterocycles. The smallest absolute Gasteiger partial charge is 0.149 e.